The van der Waals surface area contributed by atoms with Gasteiger partial charge in [0.2, 0.25) is 0 Å². The molecule has 214 valence electrons. The van der Waals surface area contributed by atoms with E-state index in [0.717, 1.165) is 31.9 Å². The quantitative estimate of drug-likeness (QED) is 0.129. The molecule has 4 N–H and O–H groups in total. The molecule has 0 aliphatic rings. The molecule has 0 fully saturated rings. The first-order chi connectivity index (χ1) is 17.0. The Morgan fingerprint density at radius 2 is 0.800 bits per heavy atom. The van der Waals surface area contributed by atoms with Crippen LogP contribution >= 0.6 is 0 Å². The minimum Gasteiger partial charge on any atom is -0.382 e. The van der Waals surface area contributed by atoms with Crippen LogP contribution in [0.5, 0.6) is 0 Å². The Bertz CT molecular complexity index is 387. The average molecular weight is 547 g/mol. The van der Waals surface area contributed by atoms with Gasteiger partial charge in [-0.3, -0.25) is 0 Å². The predicted octanol–water partition coefficient (Wildman–Crippen LogP) is 2.04. The fourth-order valence-corrected chi connectivity index (χ4v) is 8.18. The summed E-state index contributed by atoms with van der Waals surface area (Å²) in [4.78, 5) is 0. The molecule has 0 rings (SSSR count). The van der Waals surface area contributed by atoms with Crippen LogP contribution in [0.1, 0.15) is 40.0 Å². The largest absolute Gasteiger partial charge is 0.501 e. The molecule has 0 saturated carbocycles. The van der Waals surface area contributed by atoms with Crippen molar-refractivity contribution >= 4 is 17.6 Å². The second-order valence-corrected chi connectivity index (χ2v) is 12.8. The summed E-state index contributed by atoms with van der Waals surface area (Å²) in [6.07, 6.45) is 2.81. The third kappa shape index (κ3) is 20.7. The molecule has 35 heavy (non-hydrogen) atoms. The van der Waals surface area contributed by atoms with Crippen LogP contribution < -0.4 is 11.5 Å². The summed E-state index contributed by atoms with van der Waals surface area (Å²) in [5, 5.41) is 0. The lowest BCUT2D eigenvalue weighted by atomic mass is 10.3. The Morgan fingerprint density at radius 1 is 0.457 bits per heavy atom. The van der Waals surface area contributed by atoms with Crippen LogP contribution in [0.4, 0.5) is 0 Å². The molecule has 0 aromatic rings. The molecule has 13 heteroatoms. The lowest BCUT2D eigenvalue weighted by Gasteiger charge is -2.29. The van der Waals surface area contributed by atoms with Crippen LogP contribution in [0.3, 0.4) is 0 Å². The molecule has 11 nitrogen and oxygen atoms in total. The van der Waals surface area contributed by atoms with E-state index in [9.17, 15) is 0 Å². The lowest BCUT2D eigenvalue weighted by Crippen LogP contribution is -2.48. The molecule has 0 aromatic carbocycles. The van der Waals surface area contributed by atoms with Gasteiger partial charge < -0.3 is 52.2 Å². The third-order valence-corrected chi connectivity index (χ3v) is 10.6. The number of methoxy groups -OCH3 is 3. The second-order valence-electron chi connectivity index (χ2n) is 7.33. The molecule has 0 bridgehead atoms. The summed E-state index contributed by atoms with van der Waals surface area (Å²) in [5.41, 5.74) is 11.1. The van der Waals surface area contributed by atoms with Gasteiger partial charge in [0.25, 0.3) is 0 Å². The molecule has 0 unspecified atom stereocenters. The van der Waals surface area contributed by atoms with Gasteiger partial charge in [-0.1, -0.05) is 0 Å². The van der Waals surface area contributed by atoms with Gasteiger partial charge in [0.1, 0.15) is 0 Å². The minimum absolute atomic E-state index is 0.438. The summed E-state index contributed by atoms with van der Waals surface area (Å²) in [7, 11) is -0.250. The molecule has 0 aliphatic carbocycles. The molecular weight excluding hydrogens is 492 g/mol. The SMILES string of the molecule is CCO[Si](CCCCN)(OCC)OCC.COCCO[Si](CCCN)(OCCOC)OCCOC. The summed E-state index contributed by atoms with van der Waals surface area (Å²) in [6, 6.07) is 1.56. The van der Waals surface area contributed by atoms with Gasteiger partial charge in [-0.2, -0.15) is 0 Å². The van der Waals surface area contributed by atoms with E-state index in [2.05, 4.69) is 0 Å². The van der Waals surface area contributed by atoms with Gasteiger partial charge >= 0.3 is 17.6 Å². The van der Waals surface area contributed by atoms with E-state index in [4.69, 9.17) is 52.2 Å². The van der Waals surface area contributed by atoms with Gasteiger partial charge in [-0.15, -0.1) is 0 Å². The van der Waals surface area contributed by atoms with E-state index in [1.54, 1.807) is 21.3 Å². The van der Waals surface area contributed by atoms with E-state index in [1.165, 1.54) is 0 Å². The Hall–Kier alpha value is -0.00623. The monoisotopic (exact) mass is 546 g/mol. The Kier molecular flexibility index (Phi) is 28.7. The molecule has 0 amide bonds. The number of rotatable bonds is 25. The first kappa shape index (κ1) is 37.1. The van der Waals surface area contributed by atoms with Crippen molar-refractivity contribution in [1.29, 1.82) is 0 Å². The Balaban J connectivity index is 0. The molecule has 0 atom stereocenters. The highest BCUT2D eigenvalue weighted by atomic mass is 28.4. The second kappa shape index (κ2) is 27.0. The van der Waals surface area contributed by atoms with Crippen molar-refractivity contribution in [2.75, 3.05) is 93.9 Å². The summed E-state index contributed by atoms with van der Waals surface area (Å²) in [5.74, 6) is 0. The Labute approximate surface area is 216 Å². The molecule has 0 aliphatic heterocycles. The Morgan fingerprint density at radius 3 is 1.11 bits per heavy atom. The maximum atomic E-state index is 5.87. The highest BCUT2D eigenvalue weighted by Crippen LogP contribution is 2.19. The summed E-state index contributed by atoms with van der Waals surface area (Å²) in [6.45, 7) is 12.0. The third-order valence-electron chi connectivity index (χ3n) is 4.55. The molecule has 0 spiro atoms. The van der Waals surface area contributed by atoms with Gasteiger partial charge in [-0.25, -0.2) is 0 Å². The van der Waals surface area contributed by atoms with Gasteiger partial charge in [0.05, 0.1) is 39.6 Å². The highest BCUT2D eigenvalue weighted by molar-refractivity contribution is 6.61. The fraction of sp³-hybridized carbons (Fsp3) is 1.00. The van der Waals surface area contributed by atoms with Crippen molar-refractivity contribution in [2.45, 2.75) is 52.1 Å². The van der Waals surface area contributed by atoms with Gasteiger partial charge in [-0.05, 0) is 53.1 Å². The van der Waals surface area contributed by atoms with Crippen molar-refractivity contribution in [1.82, 2.24) is 0 Å². The van der Waals surface area contributed by atoms with Crippen molar-refractivity contribution in [2.24, 2.45) is 11.5 Å². The normalized spacial score (nSPS) is 12.0. The summed E-state index contributed by atoms with van der Waals surface area (Å²) < 4.78 is 49.8. The van der Waals surface area contributed by atoms with Gasteiger partial charge in [0, 0.05) is 53.2 Å². The predicted molar refractivity (Wildman–Crippen MR) is 141 cm³/mol. The first-order valence-electron chi connectivity index (χ1n) is 12.7. The standard InChI is InChI=1S/C12H29NO6Si.C10H25NO3Si/c1-14-6-9-17-20(12-4-5-13,18-10-7-15-2)19-11-8-16-3;1-4-12-15(13-5-2,14-6-3)10-8-7-9-11/h4-13H2,1-3H3;4-11H2,1-3H3. The van der Waals surface area contributed by atoms with E-state index in [1.807, 2.05) is 20.8 Å². The van der Waals surface area contributed by atoms with Crippen molar-refractivity contribution < 1.29 is 40.8 Å². The molecule has 0 saturated heterocycles. The number of hydrogen-bond donors (Lipinski definition) is 2. The van der Waals surface area contributed by atoms with Crippen LogP contribution in [0.15, 0.2) is 0 Å². The number of nitrogens with two attached hydrogens (primary N) is 2. The van der Waals surface area contributed by atoms with E-state index in [0.29, 0.717) is 72.1 Å². The highest BCUT2D eigenvalue weighted by Gasteiger charge is 2.41. The number of hydrogen-bond acceptors (Lipinski definition) is 11. The van der Waals surface area contributed by atoms with Crippen LogP contribution in [-0.2, 0) is 40.8 Å². The van der Waals surface area contributed by atoms with E-state index < -0.39 is 17.6 Å². The van der Waals surface area contributed by atoms with Crippen LogP contribution in [-0.4, -0.2) is 111 Å². The minimum atomic E-state index is -2.75. The maximum absolute atomic E-state index is 5.87. The van der Waals surface area contributed by atoms with Crippen molar-refractivity contribution in [3.8, 4) is 0 Å². The molecule has 0 heterocycles. The maximum Gasteiger partial charge on any atom is 0.501 e. The van der Waals surface area contributed by atoms with Crippen LogP contribution in [0.2, 0.25) is 12.1 Å². The zero-order valence-electron chi connectivity index (χ0n) is 23.1. The van der Waals surface area contributed by atoms with Crippen LogP contribution in [0.25, 0.3) is 0 Å². The lowest BCUT2D eigenvalue weighted by molar-refractivity contribution is 0.0144. The average Bonchev–Trinajstić information content (AvgIpc) is 2.84. The molecular formula is C22H54N2O9Si2. The topological polar surface area (TPSA) is 135 Å². The fourth-order valence-electron chi connectivity index (χ4n) is 2.99. The van der Waals surface area contributed by atoms with Crippen LogP contribution in [0, 0.1) is 0 Å². The smallest absolute Gasteiger partial charge is 0.382 e. The van der Waals surface area contributed by atoms with Crippen molar-refractivity contribution in [3.63, 3.8) is 0 Å². The van der Waals surface area contributed by atoms with E-state index >= 15 is 0 Å². The zero-order valence-corrected chi connectivity index (χ0v) is 25.1. The van der Waals surface area contributed by atoms with E-state index in [-0.39, 0.29) is 0 Å². The van der Waals surface area contributed by atoms with Crippen molar-refractivity contribution in [3.05, 3.63) is 0 Å². The van der Waals surface area contributed by atoms with Gasteiger partial charge in [0.15, 0.2) is 0 Å². The summed E-state index contributed by atoms with van der Waals surface area (Å²) >= 11 is 0. The zero-order chi connectivity index (χ0) is 26.7. The molecule has 0 radical (unpaired) electrons. The number of unbranched alkanes of at least 4 members (excludes halogenated alkanes) is 1. The first-order valence-corrected chi connectivity index (χ1v) is 16.6. The molecule has 0 aromatic heterocycles. The number of ether oxygens (including phenoxy) is 3.